The van der Waals surface area contributed by atoms with Crippen molar-refractivity contribution in [3.05, 3.63) is 39.1 Å². The van der Waals surface area contributed by atoms with Crippen LogP contribution in [-0.4, -0.2) is 10.9 Å². The van der Waals surface area contributed by atoms with Gasteiger partial charge >= 0.3 is 0 Å². The molecule has 0 radical (unpaired) electrons. The quantitative estimate of drug-likeness (QED) is 0.943. The second kappa shape index (κ2) is 4.59. The summed E-state index contributed by atoms with van der Waals surface area (Å²) >= 11 is 4.50. The Labute approximate surface area is 98.5 Å². The van der Waals surface area contributed by atoms with Crippen LogP contribution in [-0.2, 0) is 6.54 Å². The molecule has 15 heavy (non-hydrogen) atoms. The number of hydrogen-bond donors (Lipinski definition) is 1. The number of hydrogen-bond acceptors (Lipinski definition) is 4. The molecule has 2 rings (SSSR count). The van der Waals surface area contributed by atoms with Crippen LogP contribution in [0.2, 0.25) is 0 Å². The number of nitrogens with zero attached hydrogens (tertiary/aromatic N) is 1. The summed E-state index contributed by atoms with van der Waals surface area (Å²) in [6.45, 7) is 0.377. The Balaban J connectivity index is 1.91. The van der Waals surface area contributed by atoms with Crippen LogP contribution >= 0.6 is 27.3 Å². The Hall–Kier alpha value is -1.14. The van der Waals surface area contributed by atoms with Crippen LogP contribution in [0.1, 0.15) is 15.4 Å². The zero-order valence-corrected chi connectivity index (χ0v) is 9.97. The molecule has 0 atom stereocenters. The van der Waals surface area contributed by atoms with E-state index in [1.165, 1.54) is 17.5 Å². The monoisotopic (exact) mass is 286 g/mol. The summed E-state index contributed by atoms with van der Waals surface area (Å²) in [6, 6.07) is 3.59. The molecule has 2 heterocycles. The molecule has 78 valence electrons. The summed E-state index contributed by atoms with van der Waals surface area (Å²) in [7, 11) is 0. The SMILES string of the molecule is O=C(NCc1ccc(Br)o1)c1cncs1. The number of halogens is 1. The van der Waals surface area contributed by atoms with Crippen LogP contribution in [0.4, 0.5) is 0 Å². The highest BCUT2D eigenvalue weighted by atomic mass is 79.9. The fraction of sp³-hybridized carbons (Fsp3) is 0.111. The number of thiazole rings is 1. The Morgan fingerprint density at radius 2 is 2.47 bits per heavy atom. The fourth-order valence-corrected chi connectivity index (χ4v) is 1.91. The van der Waals surface area contributed by atoms with Crippen molar-refractivity contribution in [2.45, 2.75) is 6.54 Å². The molecule has 0 saturated heterocycles. The number of aromatic nitrogens is 1. The molecule has 0 bridgehead atoms. The van der Waals surface area contributed by atoms with Crippen molar-refractivity contribution in [3.63, 3.8) is 0 Å². The van der Waals surface area contributed by atoms with Crippen molar-refractivity contribution in [2.24, 2.45) is 0 Å². The second-order valence-corrected chi connectivity index (χ2v) is 4.42. The lowest BCUT2D eigenvalue weighted by Crippen LogP contribution is -2.21. The van der Waals surface area contributed by atoms with E-state index in [1.54, 1.807) is 17.6 Å². The van der Waals surface area contributed by atoms with Gasteiger partial charge in [-0.25, -0.2) is 0 Å². The standard InChI is InChI=1S/C9H7BrN2O2S/c10-8-2-1-6(14-8)3-12-9(13)7-4-11-5-15-7/h1-2,4-5H,3H2,(H,12,13). The molecular weight excluding hydrogens is 280 g/mol. The van der Waals surface area contributed by atoms with Crippen LogP contribution in [0.15, 0.2) is 32.9 Å². The summed E-state index contributed by atoms with van der Waals surface area (Å²) in [5.41, 5.74) is 1.62. The van der Waals surface area contributed by atoms with Crippen molar-refractivity contribution < 1.29 is 9.21 Å². The van der Waals surface area contributed by atoms with Gasteiger partial charge in [0.1, 0.15) is 10.6 Å². The normalized spacial score (nSPS) is 10.2. The average molecular weight is 287 g/mol. The summed E-state index contributed by atoms with van der Waals surface area (Å²) in [6.07, 6.45) is 1.54. The summed E-state index contributed by atoms with van der Waals surface area (Å²) in [5.74, 6) is 0.574. The van der Waals surface area contributed by atoms with E-state index < -0.39 is 0 Å². The molecule has 0 aliphatic heterocycles. The maximum atomic E-state index is 11.5. The third-order valence-electron chi connectivity index (χ3n) is 1.71. The molecular formula is C9H7BrN2O2S. The molecule has 1 N–H and O–H groups in total. The van der Waals surface area contributed by atoms with Gasteiger partial charge in [-0.05, 0) is 28.1 Å². The first-order chi connectivity index (χ1) is 7.25. The minimum absolute atomic E-state index is 0.134. The van der Waals surface area contributed by atoms with E-state index >= 15 is 0 Å². The lowest BCUT2D eigenvalue weighted by Gasteiger charge is -1.99. The van der Waals surface area contributed by atoms with Gasteiger partial charge in [0.05, 0.1) is 18.3 Å². The summed E-state index contributed by atoms with van der Waals surface area (Å²) in [4.78, 5) is 15.9. The average Bonchev–Trinajstić information content (AvgIpc) is 2.84. The van der Waals surface area contributed by atoms with Gasteiger partial charge in [-0.1, -0.05) is 0 Å². The fourth-order valence-electron chi connectivity index (χ4n) is 1.03. The molecule has 6 heteroatoms. The molecule has 0 saturated carbocycles. The zero-order chi connectivity index (χ0) is 10.7. The molecule has 1 amide bonds. The van der Waals surface area contributed by atoms with Crippen LogP contribution in [0, 0.1) is 0 Å². The maximum absolute atomic E-state index is 11.5. The Bertz CT molecular complexity index is 452. The van der Waals surface area contributed by atoms with Crippen LogP contribution in [0.5, 0.6) is 0 Å². The predicted octanol–water partition coefficient (Wildman–Crippen LogP) is 2.43. The molecule has 0 fully saturated rings. The largest absolute Gasteiger partial charge is 0.452 e. The summed E-state index contributed by atoms with van der Waals surface area (Å²) in [5, 5.41) is 2.73. The smallest absolute Gasteiger partial charge is 0.263 e. The van der Waals surface area contributed by atoms with E-state index in [1.807, 2.05) is 0 Å². The molecule has 0 aromatic carbocycles. The van der Waals surface area contributed by atoms with E-state index in [2.05, 4.69) is 26.2 Å². The minimum atomic E-state index is -0.134. The molecule has 2 aromatic rings. The number of carbonyl (C=O) groups excluding carboxylic acids is 1. The van der Waals surface area contributed by atoms with E-state index in [9.17, 15) is 4.79 Å². The highest BCUT2D eigenvalue weighted by Gasteiger charge is 2.07. The third kappa shape index (κ3) is 2.66. The number of furan rings is 1. The van der Waals surface area contributed by atoms with E-state index in [-0.39, 0.29) is 5.91 Å². The van der Waals surface area contributed by atoms with Gasteiger partial charge in [0.2, 0.25) is 0 Å². The molecule has 0 unspecified atom stereocenters. The minimum Gasteiger partial charge on any atom is -0.452 e. The number of carbonyl (C=O) groups is 1. The van der Waals surface area contributed by atoms with Gasteiger partial charge in [-0.15, -0.1) is 11.3 Å². The van der Waals surface area contributed by atoms with Crippen molar-refractivity contribution in [3.8, 4) is 0 Å². The van der Waals surface area contributed by atoms with Gasteiger partial charge in [0, 0.05) is 0 Å². The van der Waals surface area contributed by atoms with Gasteiger partial charge in [-0.3, -0.25) is 9.78 Å². The van der Waals surface area contributed by atoms with Crippen molar-refractivity contribution in [1.29, 1.82) is 0 Å². The lowest BCUT2D eigenvalue weighted by molar-refractivity contribution is 0.0952. The third-order valence-corrected chi connectivity index (χ3v) is 2.91. The maximum Gasteiger partial charge on any atom is 0.263 e. The molecule has 2 aromatic heterocycles. The second-order valence-electron chi connectivity index (χ2n) is 2.75. The topological polar surface area (TPSA) is 55.1 Å². The van der Waals surface area contributed by atoms with Crippen LogP contribution in [0.25, 0.3) is 0 Å². The predicted molar refractivity (Wildman–Crippen MR) is 59.7 cm³/mol. The number of rotatable bonds is 3. The van der Waals surface area contributed by atoms with Gasteiger partial charge < -0.3 is 9.73 Å². The lowest BCUT2D eigenvalue weighted by atomic mass is 10.4. The van der Waals surface area contributed by atoms with Gasteiger partial charge in [-0.2, -0.15) is 0 Å². The van der Waals surface area contributed by atoms with Crippen LogP contribution < -0.4 is 5.32 Å². The van der Waals surface area contributed by atoms with Crippen LogP contribution in [0.3, 0.4) is 0 Å². The Morgan fingerprint density at radius 1 is 1.60 bits per heavy atom. The first-order valence-electron chi connectivity index (χ1n) is 4.16. The first-order valence-corrected chi connectivity index (χ1v) is 5.84. The Morgan fingerprint density at radius 3 is 3.07 bits per heavy atom. The highest BCUT2D eigenvalue weighted by Crippen LogP contribution is 2.14. The molecule has 0 spiro atoms. The van der Waals surface area contributed by atoms with Crippen molar-refractivity contribution in [2.75, 3.05) is 0 Å². The Kier molecular flexibility index (Phi) is 3.17. The zero-order valence-electron chi connectivity index (χ0n) is 7.57. The van der Waals surface area contributed by atoms with Gasteiger partial charge in [0.15, 0.2) is 4.67 Å². The van der Waals surface area contributed by atoms with Gasteiger partial charge in [0.25, 0.3) is 5.91 Å². The number of nitrogens with one attached hydrogen (secondary N) is 1. The highest BCUT2D eigenvalue weighted by molar-refractivity contribution is 9.10. The first kappa shape index (κ1) is 10.4. The van der Waals surface area contributed by atoms with E-state index in [0.717, 1.165) is 0 Å². The van der Waals surface area contributed by atoms with Crippen molar-refractivity contribution in [1.82, 2.24) is 10.3 Å². The molecule has 4 nitrogen and oxygen atoms in total. The van der Waals surface area contributed by atoms with E-state index in [0.29, 0.717) is 21.9 Å². The van der Waals surface area contributed by atoms with Crippen molar-refractivity contribution >= 4 is 33.2 Å². The molecule has 0 aliphatic carbocycles. The van der Waals surface area contributed by atoms with E-state index in [4.69, 9.17) is 4.42 Å². The number of amides is 1. The summed E-state index contributed by atoms with van der Waals surface area (Å²) < 4.78 is 5.90. The molecule has 0 aliphatic rings.